The number of hydrogen-bond acceptors (Lipinski definition) is 1. The fourth-order valence-electron chi connectivity index (χ4n) is 4.04. The maximum atomic E-state index is 2.57. The molecule has 29 heavy (non-hydrogen) atoms. The Hall–Kier alpha value is -2.08. The molecule has 3 heteroatoms. The second kappa shape index (κ2) is 10.6. The molecule has 3 aromatic carbocycles. The van der Waals surface area contributed by atoms with Crippen molar-refractivity contribution in [2.75, 3.05) is 6.54 Å². The fourth-order valence-corrected chi connectivity index (χ4v) is 8.01. The van der Waals surface area contributed by atoms with E-state index in [-0.39, 0.29) is 12.4 Å². The van der Waals surface area contributed by atoms with E-state index in [0.717, 1.165) is 6.54 Å². The van der Waals surface area contributed by atoms with Crippen LogP contribution in [0.1, 0.15) is 27.7 Å². The highest BCUT2D eigenvalue weighted by molar-refractivity contribution is 7.98. The summed E-state index contributed by atoms with van der Waals surface area (Å²) in [5.41, 5.74) is 1.35. The zero-order valence-electron chi connectivity index (χ0n) is 17.8. The summed E-state index contributed by atoms with van der Waals surface area (Å²) in [6.07, 6.45) is 0. The minimum atomic E-state index is -1.92. The summed E-state index contributed by atoms with van der Waals surface area (Å²) in [5.74, 6) is 2.57. The molecule has 0 aromatic heterocycles. The van der Waals surface area contributed by atoms with Gasteiger partial charge in [-0.05, 0) is 64.1 Å². The maximum absolute atomic E-state index is 2.57. The largest absolute Gasteiger partial charge is 1.00 e. The van der Waals surface area contributed by atoms with Crippen molar-refractivity contribution in [1.82, 2.24) is 4.90 Å². The summed E-state index contributed by atoms with van der Waals surface area (Å²) < 4.78 is 0. The van der Waals surface area contributed by atoms with Crippen LogP contribution in [0.5, 0.6) is 0 Å². The van der Waals surface area contributed by atoms with Crippen molar-refractivity contribution in [2.45, 2.75) is 33.7 Å². The van der Waals surface area contributed by atoms with Crippen LogP contribution in [-0.2, 0) is 0 Å². The number of hydrogen-bond donors (Lipinski definition) is 0. The van der Waals surface area contributed by atoms with E-state index in [1.54, 1.807) is 0 Å². The van der Waals surface area contributed by atoms with Crippen LogP contribution in [-0.4, -0.2) is 17.5 Å². The Kier molecular flexibility index (Phi) is 8.50. The van der Waals surface area contributed by atoms with Crippen molar-refractivity contribution >= 4 is 23.2 Å². The average Bonchev–Trinajstić information content (AvgIpc) is 2.74. The van der Waals surface area contributed by atoms with Crippen molar-refractivity contribution in [3.05, 3.63) is 103 Å². The Balaban J connectivity index is 0.00000300. The topological polar surface area (TPSA) is 3.24 Å². The van der Waals surface area contributed by atoms with Crippen LogP contribution in [0.15, 0.2) is 103 Å². The van der Waals surface area contributed by atoms with Gasteiger partial charge >= 0.3 is 0 Å². The molecular formula is C26H31ClNP. The summed E-state index contributed by atoms with van der Waals surface area (Å²) >= 11 is 0. The predicted octanol–water partition coefficient (Wildman–Crippen LogP) is 2.58. The normalized spacial score (nSPS) is 11.8. The van der Waals surface area contributed by atoms with Gasteiger partial charge in [-0.1, -0.05) is 54.6 Å². The second-order valence-electron chi connectivity index (χ2n) is 7.38. The number of benzene rings is 3. The Labute approximate surface area is 183 Å². The van der Waals surface area contributed by atoms with Gasteiger partial charge < -0.3 is 17.3 Å². The quantitative estimate of drug-likeness (QED) is 0.528. The van der Waals surface area contributed by atoms with Gasteiger partial charge in [0.15, 0.2) is 0 Å². The predicted molar refractivity (Wildman–Crippen MR) is 126 cm³/mol. The third-order valence-electron chi connectivity index (χ3n) is 5.29. The van der Waals surface area contributed by atoms with Crippen molar-refractivity contribution < 1.29 is 12.4 Å². The number of nitrogens with zero attached hydrogens (tertiary/aromatic N) is 1. The fraction of sp³-hybridized carbons (Fsp3) is 0.231. The molecule has 0 unspecified atom stereocenters. The zero-order valence-corrected chi connectivity index (χ0v) is 19.4. The number of allylic oxidation sites excluding steroid dienone is 1. The SMILES string of the molecule is CCN(/C(C)=C/[P+](c1ccccc1)(c1ccccc1)c1ccccc1)C(C)C.[Cl-]. The van der Waals surface area contributed by atoms with Crippen LogP contribution in [0.3, 0.4) is 0 Å². The van der Waals surface area contributed by atoms with Gasteiger partial charge in [0, 0.05) is 18.3 Å². The van der Waals surface area contributed by atoms with Gasteiger partial charge in [-0.15, -0.1) is 0 Å². The van der Waals surface area contributed by atoms with E-state index in [9.17, 15) is 0 Å². The molecule has 0 aliphatic heterocycles. The van der Waals surface area contributed by atoms with E-state index in [2.05, 4.69) is 129 Å². The minimum absolute atomic E-state index is 0. The van der Waals surface area contributed by atoms with Gasteiger partial charge in [-0.2, -0.15) is 0 Å². The molecule has 3 aromatic rings. The Bertz CT molecular complexity index is 795. The van der Waals surface area contributed by atoms with Gasteiger partial charge in [0.05, 0.1) is 5.82 Å². The first kappa shape index (κ1) is 23.2. The monoisotopic (exact) mass is 423 g/mol. The second-order valence-corrected chi connectivity index (χ2v) is 10.6. The van der Waals surface area contributed by atoms with E-state index in [1.165, 1.54) is 21.6 Å². The van der Waals surface area contributed by atoms with E-state index in [0.29, 0.717) is 6.04 Å². The number of rotatable bonds is 7. The van der Waals surface area contributed by atoms with Crippen molar-refractivity contribution in [3.63, 3.8) is 0 Å². The van der Waals surface area contributed by atoms with E-state index < -0.39 is 7.26 Å². The molecule has 0 radical (unpaired) electrons. The summed E-state index contributed by atoms with van der Waals surface area (Å²) in [7, 11) is -1.92. The lowest BCUT2D eigenvalue weighted by Crippen LogP contribution is -3.00. The van der Waals surface area contributed by atoms with Crippen LogP contribution >= 0.6 is 7.26 Å². The summed E-state index contributed by atoms with van der Waals surface area (Å²) in [6.45, 7) is 10.1. The third-order valence-corrected chi connectivity index (χ3v) is 9.39. The van der Waals surface area contributed by atoms with E-state index in [4.69, 9.17) is 0 Å². The van der Waals surface area contributed by atoms with E-state index in [1.807, 2.05) is 0 Å². The van der Waals surface area contributed by atoms with Gasteiger partial charge in [0.2, 0.25) is 0 Å². The lowest BCUT2D eigenvalue weighted by atomic mass is 10.3. The molecule has 0 heterocycles. The molecule has 3 rings (SSSR count). The van der Waals surface area contributed by atoms with Crippen molar-refractivity contribution in [2.24, 2.45) is 0 Å². The highest BCUT2D eigenvalue weighted by Crippen LogP contribution is 2.57. The first-order valence-electron chi connectivity index (χ1n) is 10.1. The summed E-state index contributed by atoms with van der Waals surface area (Å²) in [5, 5.41) is 4.18. The van der Waals surface area contributed by atoms with Gasteiger partial charge in [-0.25, -0.2) is 0 Å². The van der Waals surface area contributed by atoms with Crippen LogP contribution in [0.4, 0.5) is 0 Å². The molecule has 0 saturated heterocycles. The molecule has 0 bridgehead atoms. The lowest BCUT2D eigenvalue weighted by molar-refractivity contribution is -0.00000608. The third kappa shape index (κ3) is 4.92. The Morgan fingerprint density at radius 3 is 1.38 bits per heavy atom. The van der Waals surface area contributed by atoms with E-state index >= 15 is 0 Å². The lowest BCUT2D eigenvalue weighted by Gasteiger charge is -2.31. The van der Waals surface area contributed by atoms with Crippen LogP contribution in [0, 0.1) is 0 Å². The van der Waals surface area contributed by atoms with Crippen LogP contribution in [0.25, 0.3) is 0 Å². The standard InChI is InChI=1S/C26H31NP.ClH/c1-5-27(22(2)3)23(4)21-28(24-15-9-6-10-16-24,25-17-11-7-12-18-25)26-19-13-8-14-20-26;/h6-22H,5H2,1-4H3;1H/q+1;/p-1/b23-21+;. The molecule has 0 atom stereocenters. The zero-order chi connectivity index (χ0) is 20.0. The van der Waals surface area contributed by atoms with Crippen LogP contribution in [0.2, 0.25) is 0 Å². The molecular weight excluding hydrogens is 393 g/mol. The smallest absolute Gasteiger partial charge is 0.138 e. The van der Waals surface area contributed by atoms with Gasteiger partial charge in [0.1, 0.15) is 23.2 Å². The molecule has 0 saturated carbocycles. The molecule has 0 fully saturated rings. The molecule has 0 N–H and O–H groups in total. The minimum Gasteiger partial charge on any atom is -1.00 e. The maximum Gasteiger partial charge on any atom is 0.138 e. The molecule has 0 aliphatic carbocycles. The summed E-state index contributed by atoms with van der Waals surface area (Å²) in [4.78, 5) is 2.49. The Morgan fingerprint density at radius 1 is 0.759 bits per heavy atom. The van der Waals surface area contributed by atoms with Gasteiger partial charge in [-0.3, -0.25) is 0 Å². The first-order valence-corrected chi connectivity index (χ1v) is 12.0. The van der Waals surface area contributed by atoms with Gasteiger partial charge in [0.25, 0.3) is 0 Å². The summed E-state index contributed by atoms with van der Waals surface area (Å²) in [6, 6.07) is 33.6. The highest BCUT2D eigenvalue weighted by Gasteiger charge is 2.44. The molecule has 1 nitrogen and oxygen atoms in total. The van der Waals surface area contributed by atoms with Crippen molar-refractivity contribution in [3.8, 4) is 0 Å². The Morgan fingerprint density at radius 2 is 1.10 bits per heavy atom. The molecule has 152 valence electrons. The molecule has 0 aliphatic rings. The number of halogens is 1. The average molecular weight is 424 g/mol. The highest BCUT2D eigenvalue weighted by atomic mass is 35.5. The van der Waals surface area contributed by atoms with Crippen LogP contribution < -0.4 is 28.3 Å². The first-order chi connectivity index (χ1) is 13.6. The molecule has 0 spiro atoms. The molecule has 0 amide bonds. The van der Waals surface area contributed by atoms with Crippen molar-refractivity contribution in [1.29, 1.82) is 0 Å².